The molecular formula is C29H34N4O4S3. The number of hydrogen-bond donors (Lipinski definition) is 3. The van der Waals surface area contributed by atoms with E-state index >= 15 is 0 Å². The van der Waals surface area contributed by atoms with Crippen LogP contribution in [0.15, 0.2) is 70.3 Å². The number of aromatic amines is 1. The van der Waals surface area contributed by atoms with Crippen molar-refractivity contribution in [3.05, 3.63) is 82.9 Å². The van der Waals surface area contributed by atoms with E-state index in [0.29, 0.717) is 29.0 Å². The molecule has 5 rings (SSSR count). The third-order valence-electron chi connectivity index (χ3n) is 6.92. The molecule has 212 valence electrons. The Morgan fingerprint density at radius 2 is 1.90 bits per heavy atom. The molecule has 0 saturated carbocycles. The molecule has 40 heavy (non-hydrogen) atoms. The summed E-state index contributed by atoms with van der Waals surface area (Å²) in [6.07, 6.45) is 0. The number of nitrogens with one attached hydrogen (secondary N) is 3. The first-order valence-corrected chi connectivity index (χ1v) is 16.5. The van der Waals surface area contributed by atoms with Gasteiger partial charge in [0.1, 0.15) is 9.90 Å². The molecule has 1 saturated heterocycles. The van der Waals surface area contributed by atoms with Crippen LogP contribution in [0.25, 0.3) is 10.9 Å². The van der Waals surface area contributed by atoms with Gasteiger partial charge in [0, 0.05) is 42.1 Å². The number of fused-ring (bicyclic) bond motifs is 1. The van der Waals surface area contributed by atoms with Gasteiger partial charge in [0.05, 0.1) is 24.4 Å². The Hall–Kier alpha value is -2.83. The van der Waals surface area contributed by atoms with Crippen molar-refractivity contribution < 1.29 is 17.9 Å². The molecule has 0 spiro atoms. The van der Waals surface area contributed by atoms with Crippen LogP contribution >= 0.6 is 23.1 Å². The van der Waals surface area contributed by atoms with Gasteiger partial charge in [-0.15, -0.1) is 23.1 Å². The van der Waals surface area contributed by atoms with Gasteiger partial charge in [0.15, 0.2) is 0 Å². The van der Waals surface area contributed by atoms with E-state index in [1.54, 1.807) is 36.6 Å². The van der Waals surface area contributed by atoms with Gasteiger partial charge in [-0.05, 0) is 48.6 Å². The molecular weight excluding hydrogens is 565 g/mol. The third-order valence-corrected chi connectivity index (χ3v) is 11.4. The van der Waals surface area contributed by atoms with Crippen LogP contribution in [0.1, 0.15) is 28.5 Å². The van der Waals surface area contributed by atoms with Gasteiger partial charge < -0.3 is 15.0 Å². The SMILES string of the molecule is Cc1ccsc1S(=O)(=O)Nc1cccc2cc(C(=O)NCC(C)(CN3CCOCC3)SCc3ccccc3)[nH]c12. The first-order chi connectivity index (χ1) is 19.2. The van der Waals surface area contributed by atoms with Crippen LogP contribution in [0.5, 0.6) is 0 Å². The lowest BCUT2D eigenvalue weighted by Crippen LogP contribution is -2.49. The predicted octanol–water partition coefficient (Wildman–Crippen LogP) is 5.09. The van der Waals surface area contributed by atoms with Crippen LogP contribution in [0.3, 0.4) is 0 Å². The second kappa shape index (κ2) is 12.4. The number of amides is 1. The highest BCUT2D eigenvalue weighted by Gasteiger charge is 2.30. The molecule has 3 N–H and O–H groups in total. The monoisotopic (exact) mass is 598 g/mol. The first kappa shape index (κ1) is 28.7. The van der Waals surface area contributed by atoms with Crippen molar-refractivity contribution in [2.45, 2.75) is 28.6 Å². The number of rotatable bonds is 11. The summed E-state index contributed by atoms with van der Waals surface area (Å²) in [6, 6.07) is 19.2. The van der Waals surface area contributed by atoms with Crippen molar-refractivity contribution in [1.82, 2.24) is 15.2 Å². The molecule has 0 bridgehead atoms. The molecule has 1 aliphatic rings. The lowest BCUT2D eigenvalue weighted by molar-refractivity contribution is 0.0341. The third kappa shape index (κ3) is 6.90. The molecule has 1 aliphatic heterocycles. The molecule has 4 aromatic rings. The zero-order chi connectivity index (χ0) is 28.2. The maximum absolute atomic E-state index is 13.3. The maximum Gasteiger partial charge on any atom is 0.271 e. The van der Waals surface area contributed by atoms with Gasteiger partial charge in [0.25, 0.3) is 15.9 Å². The highest BCUT2D eigenvalue weighted by atomic mass is 32.2. The number of carbonyl (C=O) groups is 1. The number of hydrogen-bond acceptors (Lipinski definition) is 7. The number of thiophene rings is 1. The van der Waals surface area contributed by atoms with E-state index in [4.69, 9.17) is 4.74 Å². The summed E-state index contributed by atoms with van der Waals surface area (Å²) in [5, 5.41) is 5.65. The lowest BCUT2D eigenvalue weighted by atomic mass is 10.1. The van der Waals surface area contributed by atoms with E-state index in [2.05, 4.69) is 39.0 Å². The topological polar surface area (TPSA) is 104 Å². The molecule has 0 aliphatic carbocycles. The Labute approximate surface area is 243 Å². The first-order valence-electron chi connectivity index (χ1n) is 13.2. The average molecular weight is 599 g/mol. The zero-order valence-electron chi connectivity index (χ0n) is 22.6. The highest BCUT2D eigenvalue weighted by Crippen LogP contribution is 2.31. The number of nitrogens with zero attached hydrogens (tertiary/aromatic N) is 1. The number of ether oxygens (including phenoxy) is 1. The Kier molecular flexibility index (Phi) is 8.86. The number of aromatic nitrogens is 1. The fourth-order valence-electron chi connectivity index (χ4n) is 4.77. The smallest absolute Gasteiger partial charge is 0.271 e. The van der Waals surface area contributed by atoms with Gasteiger partial charge in [-0.25, -0.2) is 8.42 Å². The quantitative estimate of drug-likeness (QED) is 0.222. The van der Waals surface area contributed by atoms with Crippen LogP contribution < -0.4 is 10.0 Å². The van der Waals surface area contributed by atoms with Gasteiger partial charge in [0.2, 0.25) is 0 Å². The number of morpholine rings is 1. The van der Waals surface area contributed by atoms with Crippen LogP contribution in [-0.4, -0.2) is 68.3 Å². The van der Waals surface area contributed by atoms with Crippen molar-refractivity contribution in [2.24, 2.45) is 0 Å². The lowest BCUT2D eigenvalue weighted by Gasteiger charge is -2.37. The van der Waals surface area contributed by atoms with Crippen molar-refractivity contribution >= 4 is 55.6 Å². The minimum Gasteiger partial charge on any atom is -0.379 e. The summed E-state index contributed by atoms with van der Waals surface area (Å²) in [4.78, 5) is 18.9. The number of thioether (sulfide) groups is 1. The van der Waals surface area contributed by atoms with Gasteiger partial charge in [-0.3, -0.25) is 14.4 Å². The average Bonchev–Trinajstić information content (AvgIpc) is 3.59. The Morgan fingerprint density at radius 1 is 1.12 bits per heavy atom. The molecule has 1 unspecified atom stereocenters. The van der Waals surface area contributed by atoms with E-state index in [-0.39, 0.29) is 14.9 Å². The number of benzene rings is 2. The fourth-order valence-corrected chi connectivity index (χ4v) is 8.42. The molecule has 8 nitrogen and oxygen atoms in total. The largest absolute Gasteiger partial charge is 0.379 e. The minimum atomic E-state index is -3.74. The molecule has 0 radical (unpaired) electrons. The van der Waals surface area contributed by atoms with Crippen molar-refractivity contribution in [1.29, 1.82) is 0 Å². The molecule has 1 atom stereocenters. The second-order valence-electron chi connectivity index (χ2n) is 10.2. The summed E-state index contributed by atoms with van der Waals surface area (Å²) >= 11 is 3.02. The highest BCUT2D eigenvalue weighted by molar-refractivity contribution is 8.00. The maximum atomic E-state index is 13.3. The summed E-state index contributed by atoms with van der Waals surface area (Å²) in [7, 11) is -3.74. The fraction of sp³-hybridized carbons (Fsp3) is 0.345. The minimum absolute atomic E-state index is 0.228. The Morgan fingerprint density at radius 3 is 2.62 bits per heavy atom. The molecule has 1 amide bonds. The number of para-hydroxylation sites is 1. The van der Waals surface area contributed by atoms with Crippen LogP contribution in [-0.2, 0) is 20.5 Å². The Balaban J connectivity index is 1.31. The van der Waals surface area contributed by atoms with E-state index in [1.165, 1.54) is 16.9 Å². The van der Waals surface area contributed by atoms with E-state index in [9.17, 15) is 13.2 Å². The van der Waals surface area contributed by atoms with Crippen LogP contribution in [0, 0.1) is 6.92 Å². The summed E-state index contributed by atoms with van der Waals surface area (Å²) in [5.41, 5.74) is 3.30. The number of anilines is 1. The number of sulfonamides is 1. The van der Waals surface area contributed by atoms with Crippen molar-refractivity contribution in [3.8, 4) is 0 Å². The van der Waals surface area contributed by atoms with Gasteiger partial charge >= 0.3 is 0 Å². The molecule has 2 aromatic heterocycles. The molecule has 11 heteroatoms. The number of carbonyl (C=O) groups excluding carboxylic acids is 1. The molecule has 1 fully saturated rings. The molecule has 3 heterocycles. The van der Waals surface area contributed by atoms with E-state index in [1.807, 2.05) is 36.0 Å². The van der Waals surface area contributed by atoms with Crippen LogP contribution in [0.2, 0.25) is 0 Å². The predicted molar refractivity (Wildman–Crippen MR) is 164 cm³/mol. The summed E-state index contributed by atoms with van der Waals surface area (Å²) < 4.78 is 34.3. The second-order valence-corrected chi connectivity index (χ2v) is 14.6. The zero-order valence-corrected chi connectivity index (χ0v) is 25.1. The molecule has 2 aromatic carbocycles. The van der Waals surface area contributed by atoms with Gasteiger partial charge in [-0.1, -0.05) is 42.5 Å². The van der Waals surface area contributed by atoms with E-state index < -0.39 is 10.0 Å². The van der Waals surface area contributed by atoms with Gasteiger partial charge in [-0.2, -0.15) is 0 Å². The number of H-pyrrole nitrogens is 1. The summed E-state index contributed by atoms with van der Waals surface area (Å²) in [5.74, 6) is 0.615. The Bertz CT molecular complexity index is 1560. The van der Waals surface area contributed by atoms with E-state index in [0.717, 1.165) is 44.0 Å². The van der Waals surface area contributed by atoms with Crippen LogP contribution in [0.4, 0.5) is 5.69 Å². The number of aryl methyl sites for hydroxylation is 1. The standard InChI is InChI=1S/C29H34N4O4S3/c1-21-11-16-38-28(21)40(35,36)32-24-10-6-9-23-17-25(31-26(23)24)27(34)30-19-29(2,20-33-12-14-37-15-13-33)39-18-22-7-4-3-5-8-22/h3-11,16-17,31-32H,12-15,18-20H2,1-2H3,(H,30,34). The summed E-state index contributed by atoms with van der Waals surface area (Å²) in [6.45, 7) is 8.47. The normalized spacial score (nSPS) is 16.1. The van der Waals surface area contributed by atoms with Crippen molar-refractivity contribution in [2.75, 3.05) is 44.1 Å². The van der Waals surface area contributed by atoms with Crippen molar-refractivity contribution in [3.63, 3.8) is 0 Å².